The molecule has 0 spiro atoms. The maximum atomic E-state index is 11.6. The number of hydrogen-bond donors (Lipinski definition) is 1. The Hall–Kier alpha value is -1.93. The van der Waals surface area contributed by atoms with Crippen LogP contribution in [-0.4, -0.2) is 61.6 Å². The summed E-state index contributed by atoms with van der Waals surface area (Å²) in [6.45, 7) is 7.83. The molecule has 0 aromatic carbocycles. The van der Waals surface area contributed by atoms with Gasteiger partial charge in [0.15, 0.2) is 0 Å². The number of carbonyl (C=O) groups excluding carboxylic acids is 3. The summed E-state index contributed by atoms with van der Waals surface area (Å²) in [7, 11) is 1.49. The molecule has 0 bridgehead atoms. The van der Waals surface area contributed by atoms with Crippen molar-refractivity contribution in [2.45, 2.75) is 45.3 Å². The van der Waals surface area contributed by atoms with Crippen molar-refractivity contribution in [3.63, 3.8) is 0 Å². The van der Waals surface area contributed by atoms with E-state index in [-0.39, 0.29) is 38.2 Å². The number of rotatable bonds is 11. The van der Waals surface area contributed by atoms with Gasteiger partial charge >= 0.3 is 17.9 Å². The molecule has 1 N–H and O–H groups in total. The molecule has 138 valence electrons. The second kappa shape index (κ2) is 10.8. The van der Waals surface area contributed by atoms with Crippen molar-refractivity contribution in [3.05, 3.63) is 12.2 Å². The van der Waals surface area contributed by atoms with E-state index in [2.05, 4.69) is 6.58 Å². The first-order chi connectivity index (χ1) is 11.1. The van der Waals surface area contributed by atoms with E-state index in [1.807, 2.05) is 0 Å². The fraction of sp³-hybridized carbons (Fsp3) is 0.688. The van der Waals surface area contributed by atoms with E-state index in [0.717, 1.165) is 0 Å². The van der Waals surface area contributed by atoms with Gasteiger partial charge in [0.25, 0.3) is 0 Å². The molecule has 0 fully saturated rings. The second-order valence-electron chi connectivity index (χ2n) is 5.88. The minimum Gasteiger partial charge on any atom is -0.463 e. The lowest BCUT2D eigenvalue weighted by Gasteiger charge is -2.23. The Labute approximate surface area is 141 Å². The van der Waals surface area contributed by atoms with Crippen LogP contribution in [0.4, 0.5) is 0 Å². The van der Waals surface area contributed by atoms with Crippen molar-refractivity contribution in [2.24, 2.45) is 0 Å². The molecule has 1 atom stereocenters. The van der Waals surface area contributed by atoms with Gasteiger partial charge in [-0.05, 0) is 20.8 Å². The van der Waals surface area contributed by atoms with Crippen LogP contribution >= 0.6 is 0 Å². The molecule has 0 aliphatic heterocycles. The molecular formula is C16H26O8. The van der Waals surface area contributed by atoms with E-state index in [1.54, 1.807) is 13.8 Å². The zero-order chi connectivity index (χ0) is 18.8. The number of hydrogen-bond acceptors (Lipinski definition) is 8. The van der Waals surface area contributed by atoms with E-state index in [0.29, 0.717) is 0 Å². The average Bonchev–Trinajstić information content (AvgIpc) is 2.47. The highest BCUT2D eigenvalue weighted by Crippen LogP contribution is 2.11. The normalized spacial score (nSPS) is 12.2. The number of ether oxygens (including phenoxy) is 4. The number of aliphatic hydroxyl groups excluding tert-OH is 1. The van der Waals surface area contributed by atoms with E-state index < -0.39 is 29.6 Å². The predicted octanol–water partition coefficient (Wildman–Crippen LogP) is 0.758. The molecule has 0 aromatic heterocycles. The van der Waals surface area contributed by atoms with Gasteiger partial charge < -0.3 is 24.1 Å². The van der Waals surface area contributed by atoms with E-state index in [9.17, 15) is 19.5 Å². The largest absolute Gasteiger partial charge is 0.463 e. The summed E-state index contributed by atoms with van der Waals surface area (Å²) in [6, 6.07) is 0. The van der Waals surface area contributed by atoms with Crippen molar-refractivity contribution in [1.82, 2.24) is 0 Å². The first-order valence-corrected chi connectivity index (χ1v) is 7.44. The summed E-state index contributed by atoms with van der Waals surface area (Å²) in [6.07, 6.45) is -1.47. The summed E-state index contributed by atoms with van der Waals surface area (Å²) in [5, 5.41) is 9.53. The van der Waals surface area contributed by atoms with Crippen molar-refractivity contribution in [2.75, 3.05) is 26.9 Å². The van der Waals surface area contributed by atoms with Crippen LogP contribution in [0.25, 0.3) is 0 Å². The molecule has 0 aliphatic rings. The highest BCUT2D eigenvalue weighted by Gasteiger charge is 2.23. The molecule has 8 heteroatoms. The van der Waals surface area contributed by atoms with Crippen LogP contribution in [0.15, 0.2) is 12.2 Å². The Morgan fingerprint density at radius 2 is 1.62 bits per heavy atom. The Morgan fingerprint density at radius 1 is 1.08 bits per heavy atom. The minimum atomic E-state index is -1.15. The Morgan fingerprint density at radius 3 is 2.17 bits per heavy atom. The van der Waals surface area contributed by atoms with Gasteiger partial charge in [-0.1, -0.05) is 6.58 Å². The topological polar surface area (TPSA) is 108 Å². The molecule has 1 unspecified atom stereocenters. The van der Waals surface area contributed by atoms with Crippen molar-refractivity contribution in [1.29, 1.82) is 0 Å². The van der Waals surface area contributed by atoms with E-state index in [4.69, 9.17) is 18.9 Å². The standard InChI is InChI=1S/C16H26O8/c1-11(2)15(20)23-9-12(17)8-22-13(18)6-7-14(19)24-16(3,4)10-21-5/h12,17H,1,6-10H2,2-5H3. The van der Waals surface area contributed by atoms with Crippen LogP contribution < -0.4 is 0 Å². The molecule has 0 saturated heterocycles. The maximum Gasteiger partial charge on any atom is 0.333 e. The summed E-state index contributed by atoms with van der Waals surface area (Å²) >= 11 is 0. The van der Waals surface area contributed by atoms with Gasteiger partial charge in [0.1, 0.15) is 24.9 Å². The number of esters is 3. The molecule has 0 heterocycles. The highest BCUT2D eigenvalue weighted by atomic mass is 16.6. The lowest BCUT2D eigenvalue weighted by molar-refractivity contribution is -0.164. The minimum absolute atomic E-state index is 0.146. The predicted molar refractivity (Wildman–Crippen MR) is 84.0 cm³/mol. The van der Waals surface area contributed by atoms with Crippen LogP contribution in [0.2, 0.25) is 0 Å². The molecular weight excluding hydrogens is 320 g/mol. The second-order valence-corrected chi connectivity index (χ2v) is 5.88. The maximum absolute atomic E-state index is 11.6. The lowest BCUT2D eigenvalue weighted by atomic mass is 10.1. The van der Waals surface area contributed by atoms with Crippen LogP contribution in [-0.2, 0) is 33.3 Å². The first-order valence-electron chi connectivity index (χ1n) is 7.44. The lowest BCUT2D eigenvalue weighted by Crippen LogP contribution is -2.33. The third-order valence-corrected chi connectivity index (χ3v) is 2.61. The molecule has 0 rings (SSSR count). The first kappa shape index (κ1) is 22.1. The molecule has 0 amide bonds. The van der Waals surface area contributed by atoms with Crippen LogP contribution in [0.5, 0.6) is 0 Å². The molecule has 0 radical (unpaired) electrons. The van der Waals surface area contributed by atoms with Gasteiger partial charge in [0, 0.05) is 12.7 Å². The number of carbonyl (C=O) groups is 3. The van der Waals surface area contributed by atoms with Crippen LogP contribution in [0.3, 0.4) is 0 Å². The third kappa shape index (κ3) is 10.7. The fourth-order valence-electron chi connectivity index (χ4n) is 1.54. The number of aliphatic hydroxyl groups is 1. The zero-order valence-electron chi connectivity index (χ0n) is 14.6. The Balaban J connectivity index is 3.96. The summed E-state index contributed by atoms with van der Waals surface area (Å²) < 4.78 is 19.6. The zero-order valence-corrected chi connectivity index (χ0v) is 14.6. The molecule has 24 heavy (non-hydrogen) atoms. The van der Waals surface area contributed by atoms with Gasteiger partial charge in [-0.2, -0.15) is 0 Å². The van der Waals surface area contributed by atoms with Crippen LogP contribution in [0.1, 0.15) is 33.6 Å². The van der Waals surface area contributed by atoms with Crippen molar-refractivity contribution in [3.8, 4) is 0 Å². The molecule has 8 nitrogen and oxygen atoms in total. The Kier molecular flexibility index (Phi) is 9.91. The summed E-state index contributed by atoms with van der Waals surface area (Å²) in [4.78, 5) is 34.2. The monoisotopic (exact) mass is 346 g/mol. The van der Waals surface area contributed by atoms with E-state index >= 15 is 0 Å². The smallest absolute Gasteiger partial charge is 0.333 e. The average molecular weight is 346 g/mol. The van der Waals surface area contributed by atoms with Crippen LogP contribution in [0, 0.1) is 0 Å². The fourth-order valence-corrected chi connectivity index (χ4v) is 1.54. The van der Waals surface area contributed by atoms with Crippen molar-refractivity contribution < 1.29 is 38.4 Å². The third-order valence-electron chi connectivity index (χ3n) is 2.61. The summed E-state index contributed by atoms with van der Waals surface area (Å²) in [5.74, 6) is -1.85. The van der Waals surface area contributed by atoms with Gasteiger partial charge in [0.05, 0.1) is 19.4 Å². The van der Waals surface area contributed by atoms with Gasteiger partial charge in [0.2, 0.25) is 0 Å². The molecule has 0 saturated carbocycles. The summed E-state index contributed by atoms with van der Waals surface area (Å²) in [5.41, 5.74) is -0.576. The molecule has 0 aromatic rings. The van der Waals surface area contributed by atoms with Crippen molar-refractivity contribution >= 4 is 17.9 Å². The van der Waals surface area contributed by atoms with E-state index in [1.165, 1.54) is 14.0 Å². The number of methoxy groups -OCH3 is 1. The van der Waals surface area contributed by atoms with Gasteiger partial charge in [-0.3, -0.25) is 9.59 Å². The highest BCUT2D eigenvalue weighted by molar-refractivity contribution is 5.86. The quantitative estimate of drug-likeness (QED) is 0.332. The van der Waals surface area contributed by atoms with Gasteiger partial charge in [-0.15, -0.1) is 0 Å². The Bertz CT molecular complexity index is 455. The van der Waals surface area contributed by atoms with Gasteiger partial charge in [-0.25, -0.2) is 4.79 Å². The molecule has 0 aliphatic carbocycles. The SMILES string of the molecule is C=C(C)C(=O)OCC(O)COC(=O)CCC(=O)OC(C)(C)COC.